The van der Waals surface area contributed by atoms with E-state index >= 15 is 4.39 Å². The zero-order valence-electron chi connectivity index (χ0n) is 18.4. The van der Waals surface area contributed by atoms with Crippen LogP contribution in [0.1, 0.15) is 29.5 Å². The molecule has 11 heteroatoms. The third-order valence-electron chi connectivity index (χ3n) is 6.03. The largest absolute Gasteiger partial charge is 0.383 e. The number of nitrogens with one attached hydrogen (secondary N) is 1. The van der Waals surface area contributed by atoms with E-state index < -0.39 is 11.6 Å². The molecule has 0 spiro atoms. The molecule has 3 N–H and O–H groups in total. The highest BCUT2D eigenvalue weighted by Crippen LogP contribution is 2.28. The van der Waals surface area contributed by atoms with Crippen molar-refractivity contribution < 1.29 is 13.5 Å². The fourth-order valence-electron chi connectivity index (χ4n) is 4.26. The van der Waals surface area contributed by atoms with Crippen molar-refractivity contribution in [3.05, 3.63) is 41.1 Å². The van der Waals surface area contributed by atoms with Gasteiger partial charge < -0.3 is 20.4 Å². The highest BCUT2D eigenvalue weighted by molar-refractivity contribution is 5.90. The predicted octanol–water partition coefficient (Wildman–Crippen LogP) is 1.83. The fourth-order valence-corrected chi connectivity index (χ4v) is 4.26. The van der Waals surface area contributed by atoms with Crippen LogP contribution in [0, 0.1) is 30.4 Å². The van der Waals surface area contributed by atoms with Crippen molar-refractivity contribution in [3.8, 4) is 11.8 Å². The highest BCUT2D eigenvalue weighted by atomic mass is 19.1. The molecule has 0 unspecified atom stereocenters. The molecule has 2 atom stereocenters. The number of methoxy groups -OCH3 is 1. The Balaban J connectivity index is 1.61. The van der Waals surface area contributed by atoms with E-state index in [2.05, 4.69) is 37.2 Å². The Morgan fingerprint density at radius 1 is 1.30 bits per heavy atom. The van der Waals surface area contributed by atoms with E-state index in [0.29, 0.717) is 35.5 Å². The van der Waals surface area contributed by atoms with Crippen molar-refractivity contribution >= 4 is 27.9 Å². The molecular weight excluding hydrogens is 430 g/mol. The summed E-state index contributed by atoms with van der Waals surface area (Å²) in [4.78, 5) is 12.6. The van der Waals surface area contributed by atoms with Crippen molar-refractivity contribution in [3.63, 3.8) is 0 Å². The quantitative estimate of drug-likeness (QED) is 0.457. The number of nitrogens with two attached hydrogens (primary N) is 1. The van der Waals surface area contributed by atoms with Gasteiger partial charge in [0, 0.05) is 32.8 Å². The number of fused-ring (bicyclic) bond motifs is 2. The smallest absolute Gasteiger partial charge is 0.169 e. The number of aromatic nitrogens is 6. The number of nitrogens with zero attached hydrogens (tertiary/aromatic N) is 6. The summed E-state index contributed by atoms with van der Waals surface area (Å²) in [6.07, 6.45) is 2.14. The van der Waals surface area contributed by atoms with Crippen molar-refractivity contribution in [2.75, 3.05) is 26.0 Å². The number of hydrogen-bond donors (Lipinski definition) is 2. The minimum absolute atomic E-state index is 0.00110. The van der Waals surface area contributed by atoms with Gasteiger partial charge in [0.05, 0.1) is 29.1 Å². The Morgan fingerprint density at radius 2 is 2.12 bits per heavy atom. The number of benzene rings is 1. The molecular formula is C22H22F2N8O. The number of rotatable bonds is 3. The van der Waals surface area contributed by atoms with E-state index in [1.54, 1.807) is 30.3 Å². The summed E-state index contributed by atoms with van der Waals surface area (Å²) in [6.45, 7) is 2.97. The van der Waals surface area contributed by atoms with Crippen LogP contribution in [-0.4, -0.2) is 55.6 Å². The average molecular weight is 452 g/mol. The average Bonchev–Trinajstić information content (AvgIpc) is 3.47. The van der Waals surface area contributed by atoms with E-state index in [0.717, 1.165) is 6.42 Å². The van der Waals surface area contributed by atoms with Gasteiger partial charge in [-0.25, -0.2) is 28.4 Å². The summed E-state index contributed by atoms with van der Waals surface area (Å²) in [7, 11) is 3.35. The Morgan fingerprint density at radius 3 is 2.91 bits per heavy atom. The molecule has 0 aliphatic carbocycles. The van der Waals surface area contributed by atoms with E-state index in [1.807, 2.05) is 0 Å². The van der Waals surface area contributed by atoms with Crippen LogP contribution in [0.4, 0.5) is 14.6 Å². The Labute approximate surface area is 188 Å². The number of hydrogen-bond acceptors (Lipinski definition) is 7. The van der Waals surface area contributed by atoms with Crippen LogP contribution >= 0.6 is 0 Å². The van der Waals surface area contributed by atoms with Crippen LogP contribution in [0.25, 0.3) is 22.1 Å². The van der Waals surface area contributed by atoms with E-state index in [9.17, 15) is 4.39 Å². The summed E-state index contributed by atoms with van der Waals surface area (Å²) in [5.74, 6) is 4.58. The second-order valence-corrected chi connectivity index (χ2v) is 8.08. The lowest BCUT2D eigenvalue weighted by Gasteiger charge is -2.10. The molecule has 9 nitrogen and oxygen atoms in total. The monoisotopic (exact) mass is 452 g/mol. The van der Waals surface area contributed by atoms with Gasteiger partial charge in [-0.2, -0.15) is 5.10 Å². The van der Waals surface area contributed by atoms with Gasteiger partial charge in [0.15, 0.2) is 11.5 Å². The number of nitrogen functional groups attached to an aromatic ring is 1. The molecule has 3 aromatic heterocycles. The molecule has 33 heavy (non-hydrogen) atoms. The van der Waals surface area contributed by atoms with Gasteiger partial charge in [0.2, 0.25) is 0 Å². The molecule has 170 valence electrons. The third kappa shape index (κ3) is 3.48. The van der Waals surface area contributed by atoms with Crippen LogP contribution < -0.4 is 11.1 Å². The Kier molecular flexibility index (Phi) is 5.19. The first-order valence-corrected chi connectivity index (χ1v) is 10.4. The standard InChI is InChI=1S/C22H22F2N8O/c1-11-29-20-17(31(11)2)7-15(23)14(19(20)24)4-5-16-18-21(25)27-10-28-22(18)32(30-16)13-6-12(9-33-3)26-8-13/h7,10,12-13,26H,6,8-9H2,1-3H3,(H2,25,27,28)/t12-,13+/m1/s1. The Bertz CT molecular complexity index is 1450. The van der Waals surface area contributed by atoms with E-state index in [4.69, 9.17) is 10.5 Å². The van der Waals surface area contributed by atoms with Crippen molar-refractivity contribution in [1.82, 2.24) is 34.6 Å². The number of anilines is 1. The zero-order chi connectivity index (χ0) is 23.3. The van der Waals surface area contributed by atoms with E-state index in [1.165, 1.54) is 12.4 Å². The maximum absolute atomic E-state index is 15.1. The second kappa shape index (κ2) is 8.06. The zero-order valence-corrected chi connectivity index (χ0v) is 18.4. The van der Waals surface area contributed by atoms with Gasteiger partial charge in [-0.05, 0) is 19.3 Å². The molecule has 1 fully saturated rings. The molecule has 4 heterocycles. The summed E-state index contributed by atoms with van der Waals surface area (Å²) in [5, 5.41) is 8.44. The maximum atomic E-state index is 15.1. The van der Waals surface area contributed by atoms with Crippen LogP contribution in [0.15, 0.2) is 12.4 Å². The topological polar surface area (TPSA) is 109 Å². The van der Waals surface area contributed by atoms with Crippen molar-refractivity contribution in [2.45, 2.75) is 25.4 Å². The minimum Gasteiger partial charge on any atom is -0.383 e. The molecule has 5 rings (SSSR count). The molecule has 1 saturated heterocycles. The minimum atomic E-state index is -0.809. The molecule has 0 bridgehead atoms. The van der Waals surface area contributed by atoms with Crippen LogP contribution in [-0.2, 0) is 11.8 Å². The van der Waals surface area contributed by atoms with Crippen LogP contribution in [0.5, 0.6) is 0 Å². The van der Waals surface area contributed by atoms with Crippen LogP contribution in [0.2, 0.25) is 0 Å². The van der Waals surface area contributed by atoms with Gasteiger partial charge >= 0.3 is 0 Å². The van der Waals surface area contributed by atoms with Crippen LogP contribution in [0.3, 0.4) is 0 Å². The summed E-state index contributed by atoms with van der Waals surface area (Å²) >= 11 is 0. The number of aryl methyl sites for hydroxylation is 2. The molecule has 1 aliphatic heterocycles. The molecule has 1 aromatic carbocycles. The van der Waals surface area contributed by atoms with Gasteiger partial charge in [-0.1, -0.05) is 5.92 Å². The van der Waals surface area contributed by atoms with E-state index in [-0.39, 0.29) is 34.7 Å². The predicted molar refractivity (Wildman–Crippen MR) is 118 cm³/mol. The fraction of sp³-hybridized carbons (Fsp3) is 0.364. The lowest BCUT2D eigenvalue weighted by atomic mass is 10.1. The number of imidazole rings is 1. The lowest BCUT2D eigenvalue weighted by molar-refractivity contribution is 0.172. The maximum Gasteiger partial charge on any atom is 0.169 e. The number of ether oxygens (including phenoxy) is 1. The molecule has 0 amide bonds. The molecule has 4 aromatic rings. The van der Waals surface area contributed by atoms with Crippen molar-refractivity contribution in [1.29, 1.82) is 0 Å². The molecule has 1 aliphatic rings. The van der Waals surface area contributed by atoms with Gasteiger partial charge in [0.25, 0.3) is 0 Å². The van der Waals surface area contributed by atoms with Crippen molar-refractivity contribution in [2.24, 2.45) is 7.05 Å². The normalized spacial score (nSPS) is 18.2. The van der Waals surface area contributed by atoms with Gasteiger partial charge in [-0.15, -0.1) is 0 Å². The highest BCUT2D eigenvalue weighted by Gasteiger charge is 2.29. The summed E-state index contributed by atoms with van der Waals surface area (Å²) in [6, 6.07) is 1.42. The second-order valence-electron chi connectivity index (χ2n) is 8.08. The summed E-state index contributed by atoms with van der Waals surface area (Å²) < 4.78 is 38.4. The SMILES string of the molecule is COC[C@H]1C[C@H](n2nc(C#Cc3c(F)cc4c(nc(C)n4C)c3F)c3c(N)ncnc32)CN1. The Hall–Kier alpha value is -3.62. The van der Waals surface area contributed by atoms with Gasteiger partial charge in [-0.3, -0.25) is 0 Å². The summed E-state index contributed by atoms with van der Waals surface area (Å²) in [5.41, 5.74) is 6.94. The first-order valence-electron chi connectivity index (χ1n) is 10.4. The lowest BCUT2D eigenvalue weighted by Crippen LogP contribution is -2.25. The molecule has 0 saturated carbocycles. The number of halogens is 2. The third-order valence-corrected chi connectivity index (χ3v) is 6.03. The first-order chi connectivity index (χ1) is 15.9. The molecule has 0 radical (unpaired) electrons. The first kappa shape index (κ1) is 21.2. The van der Waals surface area contributed by atoms with Gasteiger partial charge in [0.1, 0.15) is 35.0 Å².